The van der Waals surface area contributed by atoms with Crippen LogP contribution in [0.25, 0.3) is 0 Å². The monoisotopic (exact) mass is 439 g/mol. The van der Waals surface area contributed by atoms with Crippen molar-refractivity contribution >= 4 is 37.6 Å². The molecule has 0 amide bonds. The standard InChI is InChI=1S/C19H22BrNO4S/c1-4-14-5-7-15(8-6-14)21(12-13(2)3)26(24,25)16-9-10-18(20)17(11-16)19(22)23/h5-11,13H,4,12H2,1-3H3,(H,22,23). The fourth-order valence-electron chi connectivity index (χ4n) is 2.53. The van der Waals surface area contributed by atoms with E-state index in [1.54, 1.807) is 12.1 Å². The number of hydrogen-bond donors (Lipinski definition) is 1. The lowest BCUT2D eigenvalue weighted by Gasteiger charge is -2.26. The number of rotatable bonds is 7. The average molecular weight is 440 g/mol. The number of nitrogens with zero attached hydrogens (tertiary/aromatic N) is 1. The minimum Gasteiger partial charge on any atom is -0.478 e. The summed E-state index contributed by atoms with van der Waals surface area (Å²) in [6.45, 7) is 6.21. The van der Waals surface area contributed by atoms with E-state index in [0.29, 0.717) is 16.7 Å². The molecule has 0 atom stereocenters. The van der Waals surface area contributed by atoms with Crippen molar-refractivity contribution in [3.63, 3.8) is 0 Å². The minimum absolute atomic E-state index is 0.0432. The Bertz CT molecular complexity index is 892. The predicted molar refractivity (Wildman–Crippen MR) is 106 cm³/mol. The number of aromatic carboxylic acids is 1. The third kappa shape index (κ3) is 4.45. The maximum atomic E-state index is 13.2. The third-order valence-corrected chi connectivity index (χ3v) is 6.40. The third-order valence-electron chi connectivity index (χ3n) is 3.92. The minimum atomic E-state index is -3.89. The molecule has 0 spiro atoms. The van der Waals surface area contributed by atoms with E-state index in [1.807, 2.05) is 32.9 Å². The first-order chi connectivity index (χ1) is 12.2. The van der Waals surface area contributed by atoms with Gasteiger partial charge in [-0.25, -0.2) is 13.2 Å². The normalized spacial score (nSPS) is 11.6. The molecule has 0 aliphatic carbocycles. The van der Waals surface area contributed by atoms with Gasteiger partial charge < -0.3 is 5.11 Å². The van der Waals surface area contributed by atoms with Crippen molar-refractivity contribution in [1.82, 2.24) is 0 Å². The Labute approximate surface area is 162 Å². The zero-order chi connectivity index (χ0) is 19.5. The van der Waals surface area contributed by atoms with Crippen molar-refractivity contribution in [3.8, 4) is 0 Å². The first-order valence-electron chi connectivity index (χ1n) is 8.31. The van der Waals surface area contributed by atoms with Gasteiger partial charge in [0.15, 0.2) is 0 Å². The molecule has 0 aliphatic rings. The Balaban J connectivity index is 2.55. The molecule has 0 heterocycles. The summed E-state index contributed by atoms with van der Waals surface area (Å²) in [6, 6.07) is 11.4. The van der Waals surface area contributed by atoms with Crippen LogP contribution in [0.5, 0.6) is 0 Å². The molecule has 0 unspecified atom stereocenters. The van der Waals surface area contributed by atoms with E-state index >= 15 is 0 Å². The summed E-state index contributed by atoms with van der Waals surface area (Å²) in [6.07, 6.45) is 0.867. The zero-order valence-electron chi connectivity index (χ0n) is 14.9. The van der Waals surface area contributed by atoms with Crippen molar-refractivity contribution in [1.29, 1.82) is 0 Å². The first-order valence-corrected chi connectivity index (χ1v) is 10.5. The number of carboxylic acid groups (broad SMARTS) is 1. The maximum absolute atomic E-state index is 13.2. The lowest BCUT2D eigenvalue weighted by atomic mass is 10.1. The fourth-order valence-corrected chi connectivity index (χ4v) is 4.60. The number of carbonyl (C=O) groups is 1. The second kappa shape index (κ2) is 8.22. The van der Waals surface area contributed by atoms with E-state index in [-0.39, 0.29) is 16.4 Å². The molecular formula is C19H22BrNO4S. The van der Waals surface area contributed by atoms with Gasteiger partial charge in [0.2, 0.25) is 0 Å². The smallest absolute Gasteiger partial charge is 0.336 e. The summed E-state index contributed by atoms with van der Waals surface area (Å²) in [5.74, 6) is -1.08. The summed E-state index contributed by atoms with van der Waals surface area (Å²) < 4.78 is 28.1. The average Bonchev–Trinajstić information content (AvgIpc) is 2.59. The highest BCUT2D eigenvalue weighted by Crippen LogP contribution is 2.28. The quantitative estimate of drug-likeness (QED) is 0.685. The molecule has 26 heavy (non-hydrogen) atoms. The fraction of sp³-hybridized carbons (Fsp3) is 0.316. The molecular weight excluding hydrogens is 418 g/mol. The molecule has 0 aromatic heterocycles. The number of aryl methyl sites for hydroxylation is 1. The van der Waals surface area contributed by atoms with Gasteiger partial charge in [0, 0.05) is 11.0 Å². The van der Waals surface area contributed by atoms with Crippen LogP contribution in [0.15, 0.2) is 51.8 Å². The van der Waals surface area contributed by atoms with Crippen LogP contribution in [-0.2, 0) is 16.4 Å². The number of halogens is 1. The molecule has 0 bridgehead atoms. The predicted octanol–water partition coefficient (Wildman–Crippen LogP) is 4.56. The van der Waals surface area contributed by atoms with E-state index in [9.17, 15) is 18.3 Å². The van der Waals surface area contributed by atoms with Crippen LogP contribution in [0.1, 0.15) is 36.7 Å². The van der Waals surface area contributed by atoms with Gasteiger partial charge in [0.25, 0.3) is 10.0 Å². The summed E-state index contributed by atoms with van der Waals surface area (Å²) in [7, 11) is -3.89. The highest BCUT2D eigenvalue weighted by atomic mass is 79.9. The molecule has 2 aromatic rings. The molecule has 1 N–H and O–H groups in total. The molecule has 0 fully saturated rings. The maximum Gasteiger partial charge on any atom is 0.336 e. The van der Waals surface area contributed by atoms with Crippen molar-refractivity contribution in [3.05, 3.63) is 58.1 Å². The second-order valence-electron chi connectivity index (χ2n) is 6.40. The van der Waals surface area contributed by atoms with Crippen LogP contribution < -0.4 is 4.31 Å². The van der Waals surface area contributed by atoms with Crippen molar-refractivity contribution in [2.75, 3.05) is 10.8 Å². The molecule has 0 aliphatic heterocycles. The molecule has 0 saturated carbocycles. The van der Waals surface area contributed by atoms with E-state index in [0.717, 1.165) is 12.0 Å². The Kier molecular flexibility index (Phi) is 6.47. The molecule has 140 valence electrons. The van der Waals surface area contributed by atoms with E-state index in [1.165, 1.54) is 22.5 Å². The van der Waals surface area contributed by atoms with Gasteiger partial charge in [-0.3, -0.25) is 4.31 Å². The Morgan fingerprint density at radius 2 is 1.77 bits per heavy atom. The molecule has 2 rings (SSSR count). The van der Waals surface area contributed by atoms with Gasteiger partial charge in [0.05, 0.1) is 16.1 Å². The Morgan fingerprint density at radius 1 is 1.15 bits per heavy atom. The van der Waals surface area contributed by atoms with Crippen molar-refractivity contribution in [2.24, 2.45) is 5.92 Å². The van der Waals surface area contributed by atoms with E-state index in [2.05, 4.69) is 15.9 Å². The summed E-state index contributed by atoms with van der Waals surface area (Å²) in [5.41, 5.74) is 1.60. The van der Waals surface area contributed by atoms with Gasteiger partial charge in [-0.1, -0.05) is 32.9 Å². The van der Waals surface area contributed by atoms with Gasteiger partial charge in [0.1, 0.15) is 0 Å². The van der Waals surface area contributed by atoms with Gasteiger partial charge in [-0.15, -0.1) is 0 Å². The second-order valence-corrected chi connectivity index (χ2v) is 9.11. The zero-order valence-corrected chi connectivity index (χ0v) is 17.3. The molecule has 0 saturated heterocycles. The highest BCUT2D eigenvalue weighted by Gasteiger charge is 2.27. The summed E-state index contributed by atoms with van der Waals surface area (Å²) in [5, 5.41) is 9.28. The number of benzene rings is 2. The van der Waals surface area contributed by atoms with Crippen LogP contribution in [0.2, 0.25) is 0 Å². The van der Waals surface area contributed by atoms with Gasteiger partial charge in [-0.2, -0.15) is 0 Å². The number of carboxylic acids is 1. The van der Waals surface area contributed by atoms with Crippen LogP contribution in [-0.4, -0.2) is 26.0 Å². The van der Waals surface area contributed by atoms with Crippen LogP contribution >= 0.6 is 15.9 Å². The summed E-state index contributed by atoms with van der Waals surface area (Å²) >= 11 is 3.15. The molecule has 0 radical (unpaired) electrons. The Hall–Kier alpha value is -1.86. The largest absolute Gasteiger partial charge is 0.478 e. The molecule has 2 aromatic carbocycles. The summed E-state index contributed by atoms with van der Waals surface area (Å²) in [4.78, 5) is 11.3. The SMILES string of the molecule is CCc1ccc(N(CC(C)C)S(=O)(=O)c2ccc(Br)c(C(=O)O)c2)cc1. The van der Waals surface area contributed by atoms with Crippen LogP contribution in [0.4, 0.5) is 5.69 Å². The molecule has 7 heteroatoms. The van der Waals surface area contributed by atoms with Crippen molar-refractivity contribution < 1.29 is 18.3 Å². The first kappa shape index (κ1) is 20.5. The van der Waals surface area contributed by atoms with Crippen LogP contribution in [0, 0.1) is 5.92 Å². The number of sulfonamides is 1. The topological polar surface area (TPSA) is 74.7 Å². The van der Waals surface area contributed by atoms with Gasteiger partial charge in [-0.05, 0) is 64.2 Å². The lowest BCUT2D eigenvalue weighted by molar-refractivity contribution is 0.0695. The lowest BCUT2D eigenvalue weighted by Crippen LogP contribution is -2.34. The van der Waals surface area contributed by atoms with Crippen LogP contribution in [0.3, 0.4) is 0 Å². The highest BCUT2D eigenvalue weighted by molar-refractivity contribution is 9.10. The Morgan fingerprint density at radius 3 is 2.27 bits per heavy atom. The number of hydrogen-bond acceptors (Lipinski definition) is 3. The van der Waals surface area contributed by atoms with Gasteiger partial charge >= 0.3 is 5.97 Å². The van der Waals surface area contributed by atoms with E-state index < -0.39 is 16.0 Å². The van der Waals surface area contributed by atoms with E-state index in [4.69, 9.17) is 0 Å². The molecule has 5 nitrogen and oxygen atoms in total. The van der Waals surface area contributed by atoms with Crippen molar-refractivity contribution in [2.45, 2.75) is 32.1 Å². The number of anilines is 1.